The molecular formula is C18H13Cl2NO2. The Balaban J connectivity index is 2.33. The number of hydrogen-bond acceptors (Lipinski definition) is 3. The SMILES string of the molecule is COc1cccc(-c2cc(C(=O)Cl)c3ccc(Cl)c(C)c3n2)c1. The van der Waals surface area contributed by atoms with Gasteiger partial charge in [0, 0.05) is 21.5 Å². The molecule has 3 rings (SSSR count). The summed E-state index contributed by atoms with van der Waals surface area (Å²) in [7, 11) is 1.60. The van der Waals surface area contributed by atoms with Gasteiger partial charge in [-0.05, 0) is 48.4 Å². The summed E-state index contributed by atoms with van der Waals surface area (Å²) in [6.45, 7) is 1.87. The Hall–Kier alpha value is -2.10. The molecule has 1 heterocycles. The van der Waals surface area contributed by atoms with Gasteiger partial charge in [-0.15, -0.1) is 0 Å². The van der Waals surface area contributed by atoms with E-state index in [9.17, 15) is 4.79 Å². The van der Waals surface area contributed by atoms with Crippen LogP contribution in [-0.2, 0) is 0 Å². The van der Waals surface area contributed by atoms with Gasteiger partial charge in [-0.1, -0.05) is 29.8 Å². The highest BCUT2D eigenvalue weighted by Crippen LogP contribution is 2.31. The summed E-state index contributed by atoms with van der Waals surface area (Å²) < 4.78 is 5.24. The zero-order valence-electron chi connectivity index (χ0n) is 12.6. The van der Waals surface area contributed by atoms with Crippen molar-refractivity contribution < 1.29 is 9.53 Å². The van der Waals surface area contributed by atoms with Gasteiger partial charge < -0.3 is 4.74 Å². The molecule has 0 radical (unpaired) electrons. The average Bonchev–Trinajstić information content (AvgIpc) is 2.57. The molecule has 2 aromatic carbocycles. The van der Waals surface area contributed by atoms with Crippen LogP contribution in [0.2, 0.25) is 5.02 Å². The Labute approximate surface area is 143 Å². The van der Waals surface area contributed by atoms with Crippen LogP contribution < -0.4 is 4.74 Å². The predicted octanol–water partition coefficient (Wildman–Crippen LogP) is 5.25. The van der Waals surface area contributed by atoms with Gasteiger partial charge in [0.05, 0.1) is 18.3 Å². The van der Waals surface area contributed by atoms with E-state index in [0.29, 0.717) is 32.9 Å². The lowest BCUT2D eigenvalue weighted by Crippen LogP contribution is -1.98. The fourth-order valence-corrected chi connectivity index (χ4v) is 2.81. The summed E-state index contributed by atoms with van der Waals surface area (Å²) in [6.07, 6.45) is 0. The first-order valence-corrected chi connectivity index (χ1v) is 7.71. The van der Waals surface area contributed by atoms with Crippen molar-refractivity contribution in [3.05, 3.63) is 58.6 Å². The number of aromatic nitrogens is 1. The van der Waals surface area contributed by atoms with Gasteiger partial charge in [0.25, 0.3) is 5.24 Å². The maximum Gasteiger partial charge on any atom is 0.253 e. The molecule has 0 saturated carbocycles. The quantitative estimate of drug-likeness (QED) is 0.608. The maximum atomic E-state index is 11.8. The molecule has 0 fully saturated rings. The van der Waals surface area contributed by atoms with E-state index in [1.165, 1.54) is 0 Å². The highest BCUT2D eigenvalue weighted by Gasteiger charge is 2.15. The molecule has 0 spiro atoms. The van der Waals surface area contributed by atoms with Crippen molar-refractivity contribution in [2.45, 2.75) is 6.92 Å². The standard InChI is InChI=1S/C18H13Cl2NO2/c1-10-15(19)7-6-13-14(18(20)22)9-16(21-17(10)13)11-4-3-5-12(8-11)23-2/h3-9H,1-2H3. The van der Waals surface area contributed by atoms with Gasteiger partial charge in [0.15, 0.2) is 0 Å². The molecule has 0 atom stereocenters. The van der Waals surface area contributed by atoms with E-state index in [-0.39, 0.29) is 0 Å². The van der Waals surface area contributed by atoms with Crippen molar-refractivity contribution in [1.29, 1.82) is 0 Å². The lowest BCUT2D eigenvalue weighted by Gasteiger charge is -2.11. The number of fused-ring (bicyclic) bond motifs is 1. The number of rotatable bonds is 3. The van der Waals surface area contributed by atoms with E-state index in [1.807, 2.05) is 31.2 Å². The number of pyridine rings is 1. The Kier molecular flexibility index (Phi) is 4.24. The van der Waals surface area contributed by atoms with Gasteiger partial charge in [0.1, 0.15) is 5.75 Å². The second-order valence-electron chi connectivity index (χ2n) is 5.13. The summed E-state index contributed by atoms with van der Waals surface area (Å²) in [6, 6.07) is 12.7. The smallest absolute Gasteiger partial charge is 0.253 e. The van der Waals surface area contributed by atoms with Gasteiger partial charge in [-0.25, -0.2) is 4.98 Å². The molecule has 1 aromatic heterocycles. The highest BCUT2D eigenvalue weighted by molar-refractivity contribution is 6.68. The van der Waals surface area contributed by atoms with Crippen LogP contribution in [-0.4, -0.2) is 17.3 Å². The average molecular weight is 346 g/mol. The number of carbonyl (C=O) groups excluding carboxylic acids is 1. The Morgan fingerprint density at radius 1 is 1.17 bits per heavy atom. The molecule has 5 heteroatoms. The van der Waals surface area contributed by atoms with Crippen LogP contribution in [0.15, 0.2) is 42.5 Å². The van der Waals surface area contributed by atoms with E-state index in [4.69, 9.17) is 27.9 Å². The molecule has 0 aliphatic carbocycles. The first kappa shape index (κ1) is 15.8. The second kappa shape index (κ2) is 6.19. The lowest BCUT2D eigenvalue weighted by atomic mass is 10.0. The van der Waals surface area contributed by atoms with Crippen LogP contribution in [0.3, 0.4) is 0 Å². The fraction of sp³-hybridized carbons (Fsp3) is 0.111. The number of methoxy groups -OCH3 is 1. The topological polar surface area (TPSA) is 39.2 Å². The molecule has 0 aliphatic rings. The molecule has 3 aromatic rings. The number of carbonyl (C=O) groups is 1. The largest absolute Gasteiger partial charge is 0.497 e. The second-order valence-corrected chi connectivity index (χ2v) is 5.88. The monoisotopic (exact) mass is 345 g/mol. The molecule has 0 aliphatic heterocycles. The van der Waals surface area contributed by atoms with Crippen LogP contribution in [0.4, 0.5) is 0 Å². The van der Waals surface area contributed by atoms with Crippen molar-refractivity contribution >= 4 is 39.3 Å². The maximum absolute atomic E-state index is 11.8. The number of nitrogens with zero attached hydrogens (tertiary/aromatic N) is 1. The molecule has 23 heavy (non-hydrogen) atoms. The van der Waals surface area contributed by atoms with Crippen LogP contribution in [0.5, 0.6) is 5.75 Å². The van der Waals surface area contributed by atoms with Crippen molar-refractivity contribution in [3.8, 4) is 17.0 Å². The third-order valence-electron chi connectivity index (χ3n) is 3.75. The third-order valence-corrected chi connectivity index (χ3v) is 4.36. The minimum Gasteiger partial charge on any atom is -0.497 e. The molecule has 116 valence electrons. The van der Waals surface area contributed by atoms with Gasteiger partial charge >= 0.3 is 0 Å². The molecule has 0 N–H and O–H groups in total. The predicted molar refractivity (Wildman–Crippen MR) is 93.7 cm³/mol. The van der Waals surface area contributed by atoms with Crippen LogP contribution in [0.1, 0.15) is 15.9 Å². The number of benzene rings is 2. The molecular weight excluding hydrogens is 333 g/mol. The summed E-state index contributed by atoms with van der Waals surface area (Å²) in [5.41, 5.74) is 3.37. The summed E-state index contributed by atoms with van der Waals surface area (Å²) in [5.74, 6) is 0.714. The molecule has 0 unspecified atom stereocenters. The minimum absolute atomic E-state index is 0.411. The normalized spacial score (nSPS) is 10.8. The Morgan fingerprint density at radius 2 is 1.96 bits per heavy atom. The highest BCUT2D eigenvalue weighted by atomic mass is 35.5. The lowest BCUT2D eigenvalue weighted by molar-refractivity contribution is 0.108. The van der Waals surface area contributed by atoms with Gasteiger partial charge in [-0.3, -0.25) is 4.79 Å². The minimum atomic E-state index is -0.525. The van der Waals surface area contributed by atoms with Crippen LogP contribution in [0, 0.1) is 6.92 Å². The Bertz CT molecular complexity index is 922. The molecule has 3 nitrogen and oxygen atoms in total. The summed E-state index contributed by atoms with van der Waals surface area (Å²) in [5, 5.41) is 0.766. The number of ether oxygens (including phenoxy) is 1. The van der Waals surface area contributed by atoms with E-state index in [0.717, 1.165) is 11.1 Å². The molecule has 0 saturated heterocycles. The van der Waals surface area contributed by atoms with Gasteiger partial charge in [-0.2, -0.15) is 0 Å². The number of aryl methyl sites for hydroxylation is 1. The molecule has 0 amide bonds. The van der Waals surface area contributed by atoms with Gasteiger partial charge in [0.2, 0.25) is 0 Å². The van der Waals surface area contributed by atoms with Crippen molar-refractivity contribution in [2.75, 3.05) is 7.11 Å². The van der Waals surface area contributed by atoms with Crippen molar-refractivity contribution in [3.63, 3.8) is 0 Å². The van der Waals surface area contributed by atoms with Crippen LogP contribution >= 0.6 is 23.2 Å². The van der Waals surface area contributed by atoms with Crippen LogP contribution in [0.25, 0.3) is 22.2 Å². The third kappa shape index (κ3) is 2.90. The van der Waals surface area contributed by atoms with E-state index in [2.05, 4.69) is 4.98 Å². The number of hydrogen-bond donors (Lipinski definition) is 0. The number of halogens is 2. The summed E-state index contributed by atoms with van der Waals surface area (Å²) >= 11 is 12.0. The zero-order valence-corrected chi connectivity index (χ0v) is 14.1. The van der Waals surface area contributed by atoms with Crippen molar-refractivity contribution in [1.82, 2.24) is 4.98 Å². The first-order valence-electron chi connectivity index (χ1n) is 6.95. The fourth-order valence-electron chi connectivity index (χ4n) is 2.50. The first-order chi connectivity index (χ1) is 11.0. The summed E-state index contributed by atoms with van der Waals surface area (Å²) in [4.78, 5) is 16.5. The van der Waals surface area contributed by atoms with E-state index >= 15 is 0 Å². The van der Waals surface area contributed by atoms with Crippen molar-refractivity contribution in [2.24, 2.45) is 0 Å². The van der Waals surface area contributed by atoms with E-state index < -0.39 is 5.24 Å². The Morgan fingerprint density at radius 3 is 2.65 bits per heavy atom. The molecule has 0 bridgehead atoms. The van der Waals surface area contributed by atoms with E-state index in [1.54, 1.807) is 25.3 Å². The zero-order chi connectivity index (χ0) is 16.6.